The molecule has 0 aliphatic carbocycles. The SMILES string of the molecule is CCC(C)S(C)(C)CCCc1ccc(O)c(OC)c1.CCC(CC)(CCc1cccc(OC)c1)S(C)(C)O. The Morgan fingerprint density at radius 3 is 2.03 bits per heavy atom. The van der Waals surface area contributed by atoms with Gasteiger partial charge in [-0.1, -0.05) is 45.9 Å². The third-order valence-electron chi connectivity index (χ3n) is 8.40. The normalized spacial score (nSPS) is 13.8. The lowest BCUT2D eigenvalue weighted by molar-refractivity contribution is 0.373. The first-order valence-corrected chi connectivity index (χ1v) is 19.0. The van der Waals surface area contributed by atoms with Crippen LogP contribution in [-0.4, -0.2) is 64.7 Å². The van der Waals surface area contributed by atoms with E-state index in [4.69, 9.17) is 9.47 Å². The first kappa shape index (κ1) is 34.5. The quantitative estimate of drug-likeness (QED) is 0.239. The molecule has 6 heteroatoms. The van der Waals surface area contributed by atoms with Crippen LogP contribution in [-0.2, 0) is 12.8 Å². The first-order chi connectivity index (χ1) is 17.8. The van der Waals surface area contributed by atoms with Crippen LogP contribution in [0.2, 0.25) is 0 Å². The van der Waals surface area contributed by atoms with Crippen LogP contribution in [0.4, 0.5) is 0 Å². The third-order valence-corrected chi connectivity index (χ3v) is 15.1. The van der Waals surface area contributed by atoms with Crippen molar-refractivity contribution < 1.29 is 19.1 Å². The van der Waals surface area contributed by atoms with Gasteiger partial charge in [0.25, 0.3) is 0 Å². The summed E-state index contributed by atoms with van der Waals surface area (Å²) in [6.45, 7) is 9.04. The fraction of sp³-hybridized carbons (Fsp3) is 0.625. The molecule has 0 amide bonds. The average molecular weight is 569 g/mol. The van der Waals surface area contributed by atoms with Crippen molar-refractivity contribution in [3.63, 3.8) is 0 Å². The number of hydrogen-bond acceptors (Lipinski definition) is 4. The van der Waals surface area contributed by atoms with Gasteiger partial charge in [-0.3, -0.25) is 0 Å². The van der Waals surface area contributed by atoms with Gasteiger partial charge in [0, 0.05) is 4.75 Å². The third kappa shape index (κ3) is 10.2. The number of rotatable bonds is 14. The van der Waals surface area contributed by atoms with Crippen LogP contribution >= 0.6 is 20.3 Å². The minimum Gasteiger partial charge on any atom is -0.504 e. The predicted octanol–water partition coefficient (Wildman–Crippen LogP) is 8.92. The highest BCUT2D eigenvalue weighted by Gasteiger charge is 2.36. The highest BCUT2D eigenvalue weighted by molar-refractivity contribution is 8.33. The molecule has 2 N–H and O–H groups in total. The molecule has 4 nitrogen and oxygen atoms in total. The topological polar surface area (TPSA) is 58.9 Å². The predicted molar refractivity (Wildman–Crippen MR) is 174 cm³/mol. The Morgan fingerprint density at radius 1 is 0.868 bits per heavy atom. The number of methoxy groups -OCH3 is 2. The van der Waals surface area contributed by atoms with Gasteiger partial charge in [-0.05, 0) is 116 Å². The molecule has 0 saturated carbocycles. The van der Waals surface area contributed by atoms with E-state index in [1.165, 1.54) is 29.7 Å². The smallest absolute Gasteiger partial charge is 0.160 e. The van der Waals surface area contributed by atoms with Crippen LogP contribution < -0.4 is 9.47 Å². The lowest BCUT2D eigenvalue weighted by Crippen LogP contribution is -2.33. The minimum atomic E-state index is -1.54. The molecule has 0 aliphatic rings. The Labute approximate surface area is 237 Å². The number of ether oxygens (including phenoxy) is 2. The second kappa shape index (κ2) is 15.9. The highest BCUT2D eigenvalue weighted by Crippen LogP contribution is 2.55. The molecule has 2 rings (SSSR count). The van der Waals surface area contributed by atoms with Crippen LogP contribution in [0.25, 0.3) is 0 Å². The maximum atomic E-state index is 10.6. The van der Waals surface area contributed by atoms with Crippen molar-refractivity contribution in [3.8, 4) is 17.2 Å². The molecule has 0 aromatic heterocycles. The standard InChI is InChI=1S/2C16H28O2S/c1-6-13(2)19(4,5)11-7-8-14-9-10-15(17)16(12-14)18-3;1-6-16(7-2,19(4,5)17)12-11-14-9-8-10-15(13-14)18-3/h9-10,12-13,17H,6-8,11H2,1-5H3;8-10,13,17H,6-7,11-12H2,1-5H3. The largest absolute Gasteiger partial charge is 0.504 e. The molecule has 0 fully saturated rings. The molecule has 38 heavy (non-hydrogen) atoms. The Morgan fingerprint density at radius 2 is 1.50 bits per heavy atom. The van der Waals surface area contributed by atoms with Crippen molar-refractivity contribution >= 4 is 20.3 Å². The van der Waals surface area contributed by atoms with Gasteiger partial charge < -0.3 is 19.1 Å². The number of phenolic OH excluding ortho intramolecular Hbond substituents is 1. The van der Waals surface area contributed by atoms with Gasteiger partial charge in [0.05, 0.1) is 14.2 Å². The Kier molecular flexibility index (Phi) is 14.5. The zero-order chi connectivity index (χ0) is 29.0. The molecule has 0 heterocycles. The number of hydrogen-bond donors (Lipinski definition) is 2. The molecule has 1 unspecified atom stereocenters. The van der Waals surface area contributed by atoms with Gasteiger partial charge in [-0.2, -0.15) is 0 Å². The Bertz CT molecular complexity index is 949. The van der Waals surface area contributed by atoms with E-state index in [9.17, 15) is 9.66 Å². The van der Waals surface area contributed by atoms with E-state index >= 15 is 0 Å². The monoisotopic (exact) mass is 568 g/mol. The Balaban J connectivity index is 0.000000380. The zero-order valence-electron chi connectivity index (χ0n) is 25.8. The number of benzene rings is 2. The van der Waals surface area contributed by atoms with Gasteiger partial charge in [-0.25, -0.2) is 10.0 Å². The molecule has 0 bridgehead atoms. The van der Waals surface area contributed by atoms with E-state index in [2.05, 4.69) is 52.3 Å². The molecule has 0 saturated heterocycles. The average Bonchev–Trinajstić information content (AvgIpc) is 2.89. The fourth-order valence-electron chi connectivity index (χ4n) is 4.94. The molecule has 0 spiro atoms. The van der Waals surface area contributed by atoms with Gasteiger partial charge in [0.15, 0.2) is 11.5 Å². The molecule has 1 atom stereocenters. The van der Waals surface area contributed by atoms with Crippen LogP contribution in [0.3, 0.4) is 0 Å². The van der Waals surface area contributed by atoms with Crippen molar-refractivity contribution in [2.45, 2.75) is 82.6 Å². The summed E-state index contributed by atoms with van der Waals surface area (Å²) in [5, 5.41) is 10.4. The van der Waals surface area contributed by atoms with Crippen molar-refractivity contribution in [1.82, 2.24) is 0 Å². The second-order valence-electron chi connectivity index (χ2n) is 11.2. The summed E-state index contributed by atoms with van der Waals surface area (Å²) in [5.41, 5.74) is 2.53. The first-order valence-electron chi connectivity index (χ1n) is 13.9. The van der Waals surface area contributed by atoms with Crippen LogP contribution in [0.1, 0.15) is 70.9 Å². The van der Waals surface area contributed by atoms with Crippen molar-refractivity contribution in [2.24, 2.45) is 0 Å². The summed E-state index contributed by atoms with van der Waals surface area (Å²) in [4.78, 5) is 0. The van der Waals surface area contributed by atoms with E-state index in [1.807, 2.05) is 36.8 Å². The van der Waals surface area contributed by atoms with E-state index in [-0.39, 0.29) is 10.5 Å². The van der Waals surface area contributed by atoms with E-state index in [0.717, 1.165) is 43.1 Å². The molecule has 0 radical (unpaired) electrons. The summed E-state index contributed by atoms with van der Waals surface area (Å²) < 4.78 is 21.0. The van der Waals surface area contributed by atoms with E-state index in [0.29, 0.717) is 5.75 Å². The molecule has 0 aliphatic heterocycles. The molecular weight excluding hydrogens is 512 g/mol. The number of phenols is 1. The maximum absolute atomic E-state index is 10.6. The second-order valence-corrected chi connectivity index (χ2v) is 19.0. The van der Waals surface area contributed by atoms with Crippen molar-refractivity contribution in [3.05, 3.63) is 53.6 Å². The molecule has 2 aromatic rings. The lowest BCUT2D eigenvalue weighted by Gasteiger charge is -2.46. The summed E-state index contributed by atoms with van der Waals surface area (Å²) in [5.74, 6) is 3.01. The van der Waals surface area contributed by atoms with Crippen LogP contribution in [0.5, 0.6) is 17.2 Å². The molecular formula is C32H56O4S2. The van der Waals surface area contributed by atoms with Gasteiger partial charge in [0.2, 0.25) is 0 Å². The lowest BCUT2D eigenvalue weighted by atomic mass is 9.93. The number of aromatic hydroxyl groups is 1. The van der Waals surface area contributed by atoms with Crippen LogP contribution in [0, 0.1) is 0 Å². The summed E-state index contributed by atoms with van der Waals surface area (Å²) in [6, 6.07) is 13.9. The fourth-order valence-corrected chi connectivity index (χ4v) is 9.15. The molecule has 2 aromatic carbocycles. The minimum absolute atomic E-state index is 0.0656. The van der Waals surface area contributed by atoms with Crippen molar-refractivity contribution in [2.75, 3.05) is 45.0 Å². The summed E-state index contributed by atoms with van der Waals surface area (Å²) in [6.07, 6.45) is 16.6. The van der Waals surface area contributed by atoms with Gasteiger partial charge >= 0.3 is 0 Å². The maximum Gasteiger partial charge on any atom is 0.160 e. The van der Waals surface area contributed by atoms with Gasteiger partial charge in [0.1, 0.15) is 5.75 Å². The Hall–Kier alpha value is -1.50. The summed E-state index contributed by atoms with van der Waals surface area (Å²) >= 11 is 0. The van der Waals surface area contributed by atoms with E-state index in [1.54, 1.807) is 20.3 Å². The zero-order valence-corrected chi connectivity index (χ0v) is 27.4. The van der Waals surface area contributed by atoms with Crippen LogP contribution in [0.15, 0.2) is 42.5 Å². The molecule has 220 valence electrons. The van der Waals surface area contributed by atoms with E-state index < -0.39 is 20.3 Å². The summed E-state index contributed by atoms with van der Waals surface area (Å²) in [7, 11) is 1.26. The highest BCUT2D eigenvalue weighted by atomic mass is 32.3. The van der Waals surface area contributed by atoms with Gasteiger partial charge in [-0.15, -0.1) is 10.3 Å². The van der Waals surface area contributed by atoms with Crippen molar-refractivity contribution in [1.29, 1.82) is 0 Å². The number of aryl methyl sites for hydroxylation is 2.